The second-order valence-electron chi connectivity index (χ2n) is 7.93. The number of anilines is 1. The predicted molar refractivity (Wildman–Crippen MR) is 138 cm³/mol. The summed E-state index contributed by atoms with van der Waals surface area (Å²) in [4.78, 5) is 0. The van der Waals surface area contributed by atoms with Gasteiger partial charge in [0, 0.05) is 41.5 Å². The van der Waals surface area contributed by atoms with Crippen LogP contribution in [-0.2, 0) is 9.30 Å². The minimum Gasteiger partial charge on any atom is -0.456 e. The van der Waals surface area contributed by atoms with Gasteiger partial charge in [-0.15, -0.1) is 0 Å². The molecule has 5 rings (SSSR count). The third kappa shape index (κ3) is 5.09. The summed E-state index contributed by atoms with van der Waals surface area (Å²) in [6.45, 7) is 1.19. The van der Waals surface area contributed by atoms with Crippen molar-refractivity contribution >= 4 is 35.3 Å². The van der Waals surface area contributed by atoms with Crippen molar-refractivity contribution in [3.05, 3.63) is 126 Å². The van der Waals surface area contributed by atoms with Crippen molar-refractivity contribution in [1.82, 2.24) is 5.09 Å². The van der Waals surface area contributed by atoms with Crippen molar-refractivity contribution in [3.63, 3.8) is 0 Å². The Kier molecular flexibility index (Phi) is 6.12. The van der Waals surface area contributed by atoms with Crippen LogP contribution in [0.2, 0.25) is 0 Å². The van der Waals surface area contributed by atoms with E-state index in [1.54, 1.807) is 11.6 Å². The molecule has 0 bridgehead atoms. The second-order valence-corrected chi connectivity index (χ2v) is 10.2. The highest BCUT2D eigenvalue weighted by Gasteiger charge is 2.26. The monoisotopic (exact) mass is 452 g/mol. The molecule has 1 heterocycles. The van der Waals surface area contributed by atoms with Gasteiger partial charge in [0.15, 0.2) is 7.29 Å². The fourth-order valence-corrected chi connectivity index (χ4v) is 5.68. The Hall–Kier alpha value is -3.59. The van der Waals surface area contributed by atoms with Crippen LogP contribution in [0.25, 0.3) is 22.3 Å². The summed E-state index contributed by atoms with van der Waals surface area (Å²) in [5, 5.41) is 9.09. The van der Waals surface area contributed by atoms with Crippen LogP contribution in [0.3, 0.4) is 0 Å². The normalized spacial score (nSPS) is 14.8. The maximum atomic E-state index is 13.8. The first kappa shape index (κ1) is 21.3. The highest BCUT2D eigenvalue weighted by Crippen LogP contribution is 2.53. The fraction of sp³-hybridized carbons (Fsp3) is 0.0714. The van der Waals surface area contributed by atoms with Gasteiger partial charge in [-0.3, -0.25) is 9.65 Å². The first-order valence-corrected chi connectivity index (χ1v) is 12.8. The van der Waals surface area contributed by atoms with Crippen LogP contribution in [-0.4, -0.2) is 13.1 Å². The molecule has 0 aromatic heterocycles. The number of hydrogen-bond acceptors (Lipinski definition) is 3. The lowest BCUT2D eigenvalue weighted by Crippen LogP contribution is -2.19. The largest absolute Gasteiger partial charge is 0.456 e. The molecule has 0 spiro atoms. The van der Waals surface area contributed by atoms with Gasteiger partial charge in [-0.2, -0.15) is 0 Å². The van der Waals surface area contributed by atoms with Crippen LogP contribution in [0, 0.1) is 0 Å². The number of fused-ring (bicyclic) bond motifs is 1. The van der Waals surface area contributed by atoms with Gasteiger partial charge in [-0.05, 0) is 22.9 Å². The van der Waals surface area contributed by atoms with Crippen LogP contribution in [0.15, 0.2) is 115 Å². The molecule has 33 heavy (non-hydrogen) atoms. The predicted octanol–water partition coefficient (Wildman–Crippen LogP) is 7.15. The van der Waals surface area contributed by atoms with Crippen molar-refractivity contribution in [3.8, 4) is 0 Å². The highest BCUT2D eigenvalue weighted by molar-refractivity contribution is 7.68. The SMILES string of the molecule is O=P1(NCCNc2ccc3ccccc3c2)C=C(c2ccccc2)OC(c2ccccc2)=C1. The Labute approximate surface area is 194 Å². The van der Waals surface area contributed by atoms with Crippen LogP contribution >= 0.6 is 7.29 Å². The molecule has 4 aromatic rings. The maximum Gasteiger partial charge on any atom is 0.198 e. The van der Waals surface area contributed by atoms with Gasteiger partial charge in [0.05, 0.1) is 0 Å². The van der Waals surface area contributed by atoms with Crippen molar-refractivity contribution in [1.29, 1.82) is 0 Å². The van der Waals surface area contributed by atoms with Gasteiger partial charge >= 0.3 is 0 Å². The van der Waals surface area contributed by atoms with Gasteiger partial charge in [-0.25, -0.2) is 0 Å². The molecule has 0 radical (unpaired) electrons. The molecular weight excluding hydrogens is 427 g/mol. The Morgan fingerprint density at radius 3 is 1.85 bits per heavy atom. The number of hydrogen-bond donors (Lipinski definition) is 2. The van der Waals surface area contributed by atoms with Gasteiger partial charge in [-0.1, -0.05) is 91.0 Å². The van der Waals surface area contributed by atoms with Crippen molar-refractivity contribution in [2.75, 3.05) is 18.4 Å². The molecule has 1 aliphatic heterocycles. The summed E-state index contributed by atoms with van der Waals surface area (Å²) in [6, 6.07) is 34.2. The Bertz CT molecular complexity index is 1310. The summed E-state index contributed by atoms with van der Waals surface area (Å²) in [5.41, 5.74) is 2.84. The topological polar surface area (TPSA) is 50.4 Å². The van der Waals surface area contributed by atoms with Crippen molar-refractivity contribution < 1.29 is 9.30 Å². The van der Waals surface area contributed by atoms with E-state index in [1.165, 1.54) is 10.8 Å². The standard InChI is InChI=1S/C28H25N2O2P/c31-33(30-18-17-29-26-16-15-22-9-7-8-14-25(22)19-26)20-27(23-10-3-1-4-11-23)32-28(21-33)24-12-5-2-6-13-24/h1-16,19-21,29H,17-18H2,(H,30,31). The number of rotatable bonds is 7. The lowest BCUT2D eigenvalue weighted by Gasteiger charge is -2.23. The summed E-state index contributed by atoms with van der Waals surface area (Å²) in [7, 11) is -2.96. The van der Waals surface area contributed by atoms with Crippen molar-refractivity contribution in [2.45, 2.75) is 0 Å². The lowest BCUT2D eigenvalue weighted by atomic mass is 10.1. The average Bonchev–Trinajstić information content (AvgIpc) is 2.87. The molecule has 164 valence electrons. The molecule has 2 N–H and O–H groups in total. The summed E-state index contributed by atoms with van der Waals surface area (Å²) in [6.07, 6.45) is 0. The number of ether oxygens (including phenoxy) is 1. The average molecular weight is 452 g/mol. The highest BCUT2D eigenvalue weighted by atomic mass is 31.2. The third-order valence-corrected chi connectivity index (χ3v) is 7.47. The molecule has 0 amide bonds. The van der Waals surface area contributed by atoms with Gasteiger partial charge < -0.3 is 10.1 Å². The second kappa shape index (κ2) is 9.50. The molecule has 4 aromatic carbocycles. The summed E-state index contributed by atoms with van der Waals surface area (Å²) in [5.74, 6) is 4.67. The van der Waals surface area contributed by atoms with Gasteiger partial charge in [0.1, 0.15) is 11.5 Å². The van der Waals surface area contributed by atoms with Gasteiger partial charge in [0.2, 0.25) is 0 Å². The Morgan fingerprint density at radius 2 is 1.21 bits per heavy atom. The van der Waals surface area contributed by atoms with E-state index in [0.717, 1.165) is 16.8 Å². The van der Waals surface area contributed by atoms with Crippen LogP contribution in [0.5, 0.6) is 0 Å². The Morgan fingerprint density at radius 1 is 0.636 bits per heavy atom. The molecule has 0 aliphatic carbocycles. The number of benzene rings is 4. The smallest absolute Gasteiger partial charge is 0.198 e. The third-order valence-electron chi connectivity index (χ3n) is 5.52. The zero-order valence-electron chi connectivity index (χ0n) is 18.1. The Balaban J connectivity index is 1.32. The van der Waals surface area contributed by atoms with E-state index in [1.807, 2.05) is 72.8 Å². The molecule has 5 heteroatoms. The quantitative estimate of drug-likeness (QED) is 0.231. The molecule has 0 fully saturated rings. The molecular formula is C28H25N2O2P. The maximum absolute atomic E-state index is 13.8. The minimum atomic E-state index is -2.96. The van der Waals surface area contributed by atoms with E-state index < -0.39 is 7.29 Å². The van der Waals surface area contributed by atoms with E-state index >= 15 is 0 Å². The summed E-state index contributed by atoms with van der Waals surface area (Å²) < 4.78 is 20.0. The van der Waals surface area contributed by atoms with E-state index in [-0.39, 0.29) is 0 Å². The van der Waals surface area contributed by atoms with E-state index in [4.69, 9.17) is 4.74 Å². The molecule has 1 aliphatic rings. The molecule has 0 atom stereocenters. The zero-order chi connectivity index (χ0) is 22.5. The lowest BCUT2D eigenvalue weighted by molar-refractivity contribution is 0.468. The molecule has 4 nitrogen and oxygen atoms in total. The van der Waals surface area contributed by atoms with Crippen LogP contribution < -0.4 is 10.4 Å². The minimum absolute atomic E-state index is 0.543. The molecule has 0 saturated carbocycles. The zero-order valence-corrected chi connectivity index (χ0v) is 19.0. The first-order valence-electron chi connectivity index (χ1n) is 11.0. The molecule has 0 saturated heterocycles. The summed E-state index contributed by atoms with van der Waals surface area (Å²) >= 11 is 0. The molecule has 0 unspecified atom stereocenters. The van der Waals surface area contributed by atoms with E-state index in [0.29, 0.717) is 24.6 Å². The van der Waals surface area contributed by atoms with Gasteiger partial charge in [0.25, 0.3) is 0 Å². The van der Waals surface area contributed by atoms with E-state index in [2.05, 4.69) is 40.7 Å². The van der Waals surface area contributed by atoms with Crippen LogP contribution in [0.1, 0.15) is 11.1 Å². The first-order chi connectivity index (χ1) is 16.2. The number of nitrogens with one attached hydrogen (secondary N) is 2. The van der Waals surface area contributed by atoms with E-state index in [9.17, 15) is 4.57 Å². The fourth-order valence-electron chi connectivity index (χ4n) is 3.86. The van der Waals surface area contributed by atoms with Crippen LogP contribution in [0.4, 0.5) is 5.69 Å². The van der Waals surface area contributed by atoms with Crippen molar-refractivity contribution in [2.24, 2.45) is 0 Å².